The maximum atomic E-state index is 14.1. The number of unbranched alkanes of at least 4 members (excludes halogenated alkanes) is 3. The lowest BCUT2D eigenvalue weighted by Gasteiger charge is -2.35. The van der Waals surface area contributed by atoms with Crippen LogP contribution in [-0.4, -0.2) is 60.1 Å². The minimum Gasteiger partial charge on any atom is -0.396 e. The second-order valence-corrected chi connectivity index (χ2v) is 16.9. The number of aliphatic hydroxyl groups is 1. The van der Waals surface area contributed by atoms with Crippen molar-refractivity contribution < 1.29 is 19.5 Å². The van der Waals surface area contributed by atoms with Gasteiger partial charge in [0.1, 0.15) is 6.04 Å². The fourth-order valence-corrected chi connectivity index (χ4v) is 10.2. The zero-order valence-corrected chi connectivity index (χ0v) is 35.4. The highest BCUT2D eigenvalue weighted by Crippen LogP contribution is 2.49. The van der Waals surface area contributed by atoms with Gasteiger partial charge < -0.3 is 21.1 Å². The van der Waals surface area contributed by atoms with Gasteiger partial charge in [-0.15, -0.1) is 23.5 Å². The molecular weight excluding hydrogens is 783 g/mol. The summed E-state index contributed by atoms with van der Waals surface area (Å²) < 4.78 is -1.41. The van der Waals surface area contributed by atoms with E-state index in [0.29, 0.717) is 13.0 Å². The normalized spacial score (nSPS) is 11.9. The van der Waals surface area contributed by atoms with Crippen molar-refractivity contribution in [3.63, 3.8) is 0 Å². The lowest BCUT2D eigenvalue weighted by molar-refractivity contribution is -0.128. The van der Waals surface area contributed by atoms with Gasteiger partial charge >= 0.3 is 0 Å². The van der Waals surface area contributed by atoms with Crippen LogP contribution in [0.25, 0.3) is 0 Å². The van der Waals surface area contributed by atoms with E-state index < -0.39 is 15.5 Å². The Labute approximate surface area is 362 Å². The molecule has 0 spiro atoms. The van der Waals surface area contributed by atoms with Gasteiger partial charge in [0.05, 0.1) is 21.0 Å². The van der Waals surface area contributed by atoms with E-state index in [9.17, 15) is 14.4 Å². The van der Waals surface area contributed by atoms with Gasteiger partial charge in [-0.2, -0.15) is 0 Å². The monoisotopic (exact) mass is 835 g/mol. The summed E-state index contributed by atoms with van der Waals surface area (Å²) in [6, 6.07) is 60.0. The van der Waals surface area contributed by atoms with E-state index in [-0.39, 0.29) is 42.4 Å². The molecule has 6 aromatic carbocycles. The first kappa shape index (κ1) is 44.0. The van der Waals surface area contributed by atoms with Crippen LogP contribution >= 0.6 is 23.5 Å². The van der Waals surface area contributed by atoms with Crippen LogP contribution in [0.4, 0.5) is 0 Å². The average molecular weight is 836 g/mol. The SMILES string of the molecule is O=C(CSC(c1ccccc1)(c1ccccc1)c1ccccc1)NCC(NC(=O)CSC(c1ccccc1)(c1ccccc1)c1ccccc1)C(=O)NCCCCCCO. The fraction of sp³-hybridized carbons (Fsp3) is 0.235. The molecule has 0 saturated heterocycles. The molecule has 0 saturated carbocycles. The Bertz CT molecular complexity index is 2000. The van der Waals surface area contributed by atoms with Crippen molar-refractivity contribution in [3.8, 4) is 0 Å². The van der Waals surface area contributed by atoms with Crippen LogP contribution in [0.15, 0.2) is 182 Å². The highest BCUT2D eigenvalue weighted by Gasteiger charge is 2.39. The summed E-state index contributed by atoms with van der Waals surface area (Å²) in [5, 5.41) is 18.1. The van der Waals surface area contributed by atoms with Gasteiger partial charge in [0.2, 0.25) is 17.7 Å². The van der Waals surface area contributed by atoms with E-state index in [1.807, 2.05) is 109 Å². The standard InChI is InChI=1S/C51H53N3O4S2/c55-36-22-2-1-21-35-52-49(58)46(54-48(57)39-60-51(43-29-15-6-16-30-43,44-31-17-7-18-32-44)45-33-19-8-20-34-45)37-53-47(56)38-59-50(40-23-9-3-10-24-40,41-25-11-4-12-26-41)42-27-13-5-14-28-42/h3-20,23-34,46,55H,1-2,21-22,35-39H2,(H,52,58)(H,53,56)(H,54,57). The van der Waals surface area contributed by atoms with Crippen molar-refractivity contribution in [2.75, 3.05) is 31.2 Å². The Morgan fingerprint density at radius 3 is 1.13 bits per heavy atom. The van der Waals surface area contributed by atoms with Crippen LogP contribution in [-0.2, 0) is 23.9 Å². The fourth-order valence-electron chi connectivity index (χ4n) is 7.52. The Morgan fingerprint density at radius 1 is 0.450 bits per heavy atom. The van der Waals surface area contributed by atoms with Crippen LogP contribution in [0.1, 0.15) is 59.1 Å². The van der Waals surface area contributed by atoms with Crippen LogP contribution in [0.3, 0.4) is 0 Å². The molecule has 9 heteroatoms. The molecule has 6 rings (SSSR count). The van der Waals surface area contributed by atoms with Gasteiger partial charge in [-0.3, -0.25) is 14.4 Å². The van der Waals surface area contributed by atoms with Crippen molar-refractivity contribution in [2.45, 2.75) is 41.2 Å². The van der Waals surface area contributed by atoms with Crippen molar-refractivity contribution in [1.82, 2.24) is 16.0 Å². The van der Waals surface area contributed by atoms with E-state index in [4.69, 9.17) is 5.11 Å². The second-order valence-electron chi connectivity index (χ2n) is 14.5. The first-order valence-electron chi connectivity index (χ1n) is 20.5. The van der Waals surface area contributed by atoms with Crippen LogP contribution < -0.4 is 16.0 Å². The molecule has 3 amide bonds. The maximum absolute atomic E-state index is 14.1. The predicted molar refractivity (Wildman–Crippen MR) is 247 cm³/mol. The van der Waals surface area contributed by atoms with Gasteiger partial charge in [-0.25, -0.2) is 0 Å². The molecule has 1 atom stereocenters. The molecule has 308 valence electrons. The average Bonchev–Trinajstić information content (AvgIpc) is 3.31. The zero-order valence-electron chi connectivity index (χ0n) is 33.8. The van der Waals surface area contributed by atoms with Crippen molar-refractivity contribution >= 4 is 41.2 Å². The Balaban J connectivity index is 1.21. The summed E-state index contributed by atoms with van der Waals surface area (Å²) in [6.45, 7) is 0.476. The van der Waals surface area contributed by atoms with Gasteiger partial charge in [-0.05, 0) is 46.2 Å². The Morgan fingerprint density at radius 2 is 0.783 bits per heavy atom. The first-order chi connectivity index (χ1) is 29.5. The second kappa shape index (κ2) is 22.7. The van der Waals surface area contributed by atoms with E-state index in [0.717, 1.165) is 52.6 Å². The van der Waals surface area contributed by atoms with E-state index >= 15 is 0 Å². The molecule has 0 radical (unpaired) electrons. The van der Waals surface area contributed by atoms with Crippen LogP contribution in [0, 0.1) is 0 Å². The van der Waals surface area contributed by atoms with Crippen LogP contribution in [0.2, 0.25) is 0 Å². The molecule has 6 aromatic rings. The third kappa shape index (κ3) is 11.2. The molecule has 7 nitrogen and oxygen atoms in total. The topological polar surface area (TPSA) is 108 Å². The number of amides is 3. The molecule has 0 aliphatic rings. The predicted octanol–water partition coefficient (Wildman–Crippen LogP) is 8.71. The molecule has 4 N–H and O–H groups in total. The number of hydrogen-bond acceptors (Lipinski definition) is 6. The van der Waals surface area contributed by atoms with Crippen LogP contribution in [0.5, 0.6) is 0 Å². The smallest absolute Gasteiger partial charge is 0.244 e. The highest BCUT2D eigenvalue weighted by atomic mass is 32.2. The van der Waals surface area contributed by atoms with Crippen molar-refractivity contribution in [3.05, 3.63) is 215 Å². The van der Waals surface area contributed by atoms with Gasteiger partial charge in [-0.1, -0.05) is 195 Å². The summed E-state index contributed by atoms with van der Waals surface area (Å²) >= 11 is 3.01. The number of rotatable bonds is 22. The number of carbonyl (C=O) groups excluding carboxylic acids is 3. The summed E-state index contributed by atoms with van der Waals surface area (Å²) in [4.78, 5) is 41.7. The minimum absolute atomic E-state index is 0.0428. The molecule has 0 fully saturated rings. The number of nitrogens with one attached hydrogen (secondary N) is 3. The largest absolute Gasteiger partial charge is 0.396 e. The highest BCUT2D eigenvalue weighted by molar-refractivity contribution is 8.01. The number of thioether (sulfide) groups is 2. The Kier molecular flexibility index (Phi) is 16.6. The first-order valence-corrected chi connectivity index (χ1v) is 22.5. The van der Waals surface area contributed by atoms with E-state index in [2.05, 4.69) is 88.7 Å². The zero-order chi connectivity index (χ0) is 41.9. The summed E-state index contributed by atoms with van der Waals surface area (Å²) in [7, 11) is 0. The van der Waals surface area contributed by atoms with E-state index in [1.54, 1.807) is 0 Å². The Hall–Kier alpha value is -5.61. The number of hydrogen-bond donors (Lipinski definition) is 4. The molecule has 0 aliphatic carbocycles. The minimum atomic E-state index is -1.01. The lowest BCUT2D eigenvalue weighted by atomic mass is 9.84. The van der Waals surface area contributed by atoms with Crippen molar-refractivity contribution in [1.29, 1.82) is 0 Å². The molecule has 1 unspecified atom stereocenters. The van der Waals surface area contributed by atoms with Crippen molar-refractivity contribution in [2.24, 2.45) is 0 Å². The maximum Gasteiger partial charge on any atom is 0.244 e. The van der Waals surface area contributed by atoms with Gasteiger partial charge in [0.15, 0.2) is 0 Å². The van der Waals surface area contributed by atoms with Gasteiger partial charge in [0, 0.05) is 19.7 Å². The summed E-state index contributed by atoms with van der Waals surface area (Å²) in [6.07, 6.45) is 3.17. The molecular formula is C51H53N3O4S2. The van der Waals surface area contributed by atoms with E-state index in [1.165, 1.54) is 23.5 Å². The molecule has 0 aromatic heterocycles. The molecule has 0 bridgehead atoms. The molecule has 60 heavy (non-hydrogen) atoms. The summed E-state index contributed by atoms with van der Waals surface area (Å²) in [5.74, 6) is -0.809. The quantitative estimate of drug-likeness (QED) is 0.0403. The third-order valence-corrected chi connectivity index (χ3v) is 13.6. The third-order valence-electron chi connectivity index (χ3n) is 10.5. The lowest BCUT2D eigenvalue weighted by Crippen LogP contribution is -2.53. The molecule has 0 heterocycles. The number of carbonyl (C=O) groups is 3. The number of benzene rings is 6. The summed E-state index contributed by atoms with van der Waals surface area (Å²) in [5.41, 5.74) is 6.20. The molecule has 0 aliphatic heterocycles. The number of aliphatic hydroxyl groups excluding tert-OH is 1. The van der Waals surface area contributed by atoms with Gasteiger partial charge in [0.25, 0.3) is 0 Å².